The highest BCUT2D eigenvalue weighted by molar-refractivity contribution is 5.99. The number of fused-ring (bicyclic) bond motifs is 1. The summed E-state index contributed by atoms with van der Waals surface area (Å²) in [7, 11) is 2.24. The predicted octanol–water partition coefficient (Wildman–Crippen LogP) is 2.22. The monoisotopic (exact) mass is 164 g/mol. The number of hydrogen-bond donors (Lipinski definition) is 0. The molecular weight excluding hydrogens is 146 g/mol. The molecule has 1 unspecified atom stereocenters. The van der Waals surface area contributed by atoms with Crippen molar-refractivity contribution < 1.29 is 4.58 Å². The van der Waals surface area contributed by atoms with E-state index in [2.05, 4.69) is 24.6 Å². The van der Waals surface area contributed by atoms with Gasteiger partial charge in [-0.05, 0) is 26.2 Å². The zero-order valence-electron chi connectivity index (χ0n) is 8.14. The molecule has 66 valence electrons. The fourth-order valence-corrected chi connectivity index (χ4v) is 2.67. The normalized spacial score (nSPS) is 32.8. The predicted molar refractivity (Wildman–Crippen MR) is 51.8 cm³/mol. The van der Waals surface area contributed by atoms with Gasteiger partial charge in [0, 0.05) is 17.9 Å². The Balaban J connectivity index is 2.34. The second-order valence-electron chi connectivity index (χ2n) is 4.00. The molecule has 12 heavy (non-hydrogen) atoms. The summed E-state index contributed by atoms with van der Waals surface area (Å²) in [6, 6.07) is 0. The average molecular weight is 164 g/mol. The van der Waals surface area contributed by atoms with Crippen molar-refractivity contribution in [2.75, 3.05) is 13.6 Å². The zero-order valence-corrected chi connectivity index (χ0v) is 8.14. The van der Waals surface area contributed by atoms with Crippen molar-refractivity contribution in [3.05, 3.63) is 11.6 Å². The summed E-state index contributed by atoms with van der Waals surface area (Å²) in [6.07, 6.45) is 7.85. The quantitative estimate of drug-likeness (QED) is 0.483. The Labute approximate surface area is 74.8 Å². The van der Waals surface area contributed by atoms with Crippen molar-refractivity contribution in [1.29, 1.82) is 0 Å². The number of hydrogen-bond acceptors (Lipinski definition) is 0. The van der Waals surface area contributed by atoms with Crippen molar-refractivity contribution in [3.8, 4) is 0 Å². The van der Waals surface area contributed by atoms with E-state index >= 15 is 0 Å². The van der Waals surface area contributed by atoms with E-state index in [0.29, 0.717) is 0 Å². The molecule has 1 nitrogen and oxygen atoms in total. The lowest BCUT2D eigenvalue weighted by Crippen LogP contribution is -2.22. The van der Waals surface area contributed by atoms with Crippen LogP contribution in [0.1, 0.15) is 32.6 Å². The van der Waals surface area contributed by atoms with E-state index in [0.717, 1.165) is 5.92 Å². The Hall–Kier alpha value is -0.590. The van der Waals surface area contributed by atoms with Gasteiger partial charge in [0.2, 0.25) is 0 Å². The average Bonchev–Trinajstić information content (AvgIpc) is 2.48. The summed E-state index contributed by atoms with van der Waals surface area (Å²) < 4.78 is 2.46. The first kappa shape index (κ1) is 8.03. The maximum atomic E-state index is 2.46. The van der Waals surface area contributed by atoms with Crippen molar-refractivity contribution >= 4 is 5.71 Å². The molecule has 2 rings (SSSR count). The van der Waals surface area contributed by atoms with Gasteiger partial charge in [-0.1, -0.05) is 6.08 Å². The topological polar surface area (TPSA) is 3.01 Å². The first-order valence-corrected chi connectivity index (χ1v) is 5.06. The van der Waals surface area contributed by atoms with E-state index in [9.17, 15) is 0 Å². The van der Waals surface area contributed by atoms with Crippen molar-refractivity contribution in [2.45, 2.75) is 32.6 Å². The molecule has 0 spiro atoms. The van der Waals surface area contributed by atoms with Crippen molar-refractivity contribution in [3.63, 3.8) is 0 Å². The first-order chi connectivity index (χ1) is 5.83. The van der Waals surface area contributed by atoms with Crippen LogP contribution in [0.25, 0.3) is 0 Å². The summed E-state index contributed by atoms with van der Waals surface area (Å²) in [5, 5.41) is 0. The lowest BCUT2D eigenvalue weighted by Gasteiger charge is -2.17. The summed E-state index contributed by atoms with van der Waals surface area (Å²) >= 11 is 0. The van der Waals surface area contributed by atoms with Gasteiger partial charge in [-0.2, -0.15) is 0 Å². The highest BCUT2D eigenvalue weighted by atomic mass is 15.0. The molecule has 1 saturated carbocycles. The molecule has 1 heterocycles. The minimum absolute atomic E-state index is 0.898. The molecule has 1 atom stereocenters. The fourth-order valence-electron chi connectivity index (χ4n) is 2.67. The first-order valence-electron chi connectivity index (χ1n) is 5.06. The van der Waals surface area contributed by atoms with Gasteiger partial charge in [-0.15, -0.1) is 0 Å². The smallest absolute Gasteiger partial charge is 0.182 e. The second-order valence-corrected chi connectivity index (χ2v) is 4.00. The molecule has 0 amide bonds. The van der Waals surface area contributed by atoms with Crippen LogP contribution in [-0.2, 0) is 0 Å². The summed E-state index contributed by atoms with van der Waals surface area (Å²) in [4.78, 5) is 0. The lowest BCUT2D eigenvalue weighted by molar-refractivity contribution is -0.488. The van der Waals surface area contributed by atoms with Gasteiger partial charge in [-0.25, -0.2) is 4.58 Å². The van der Waals surface area contributed by atoms with E-state index in [4.69, 9.17) is 0 Å². The molecule has 0 aromatic carbocycles. The Bertz CT molecular complexity index is 248. The third kappa shape index (κ3) is 1.12. The number of nitrogens with zero attached hydrogens (tertiary/aromatic N) is 1. The number of allylic oxidation sites excluding steroid dienone is 2. The van der Waals surface area contributed by atoms with E-state index in [1.54, 1.807) is 11.3 Å². The van der Waals surface area contributed by atoms with E-state index in [1.165, 1.54) is 32.2 Å². The van der Waals surface area contributed by atoms with Crippen LogP contribution < -0.4 is 0 Å². The molecule has 0 saturated heterocycles. The molecule has 1 aliphatic carbocycles. The van der Waals surface area contributed by atoms with Crippen molar-refractivity contribution in [1.82, 2.24) is 0 Å². The molecule has 0 aromatic rings. The van der Waals surface area contributed by atoms with Crippen LogP contribution in [0.3, 0.4) is 0 Å². The Kier molecular flexibility index (Phi) is 2.03. The zero-order chi connectivity index (χ0) is 8.55. The van der Waals surface area contributed by atoms with Gasteiger partial charge in [0.05, 0.1) is 0 Å². The van der Waals surface area contributed by atoms with E-state index < -0.39 is 0 Å². The maximum Gasteiger partial charge on any atom is 0.182 e. The summed E-state index contributed by atoms with van der Waals surface area (Å²) in [6.45, 7) is 3.45. The molecule has 0 bridgehead atoms. The standard InChI is InChI=1S/C11H18N/c1-3-9-5-4-6-10-7-8-12(2)11(9)10/h3,10H,4-8H2,1-2H3/q+1/b9-3+. The lowest BCUT2D eigenvalue weighted by atomic mass is 9.83. The van der Waals surface area contributed by atoms with Crippen LogP contribution >= 0.6 is 0 Å². The van der Waals surface area contributed by atoms with Gasteiger partial charge >= 0.3 is 0 Å². The Morgan fingerprint density at radius 3 is 3.00 bits per heavy atom. The molecular formula is C11H18N+. The molecule has 0 radical (unpaired) electrons. The minimum atomic E-state index is 0.898. The fraction of sp³-hybridized carbons (Fsp3) is 0.727. The van der Waals surface area contributed by atoms with Crippen LogP contribution in [0, 0.1) is 5.92 Å². The largest absolute Gasteiger partial charge is 0.236 e. The van der Waals surface area contributed by atoms with Crippen LogP contribution in [0.15, 0.2) is 11.6 Å². The van der Waals surface area contributed by atoms with Crippen LogP contribution in [-0.4, -0.2) is 23.9 Å². The molecule has 2 aliphatic rings. The highest BCUT2D eigenvalue weighted by Crippen LogP contribution is 2.31. The van der Waals surface area contributed by atoms with Crippen molar-refractivity contribution in [2.24, 2.45) is 5.92 Å². The maximum absolute atomic E-state index is 2.46. The van der Waals surface area contributed by atoms with Gasteiger partial charge in [-0.3, -0.25) is 0 Å². The number of rotatable bonds is 0. The Morgan fingerprint density at radius 2 is 2.25 bits per heavy atom. The molecule has 1 aliphatic heterocycles. The van der Waals surface area contributed by atoms with Crippen LogP contribution in [0.2, 0.25) is 0 Å². The van der Waals surface area contributed by atoms with Crippen LogP contribution in [0.4, 0.5) is 0 Å². The SMILES string of the molecule is C/C=C1\CCCC2CC[N+](C)=C12. The molecule has 1 heteroatoms. The second kappa shape index (κ2) is 3.04. The Morgan fingerprint density at radius 1 is 1.42 bits per heavy atom. The minimum Gasteiger partial charge on any atom is -0.236 e. The van der Waals surface area contributed by atoms with Gasteiger partial charge in [0.1, 0.15) is 13.6 Å². The van der Waals surface area contributed by atoms with Crippen LogP contribution in [0.5, 0.6) is 0 Å². The summed E-state index contributed by atoms with van der Waals surface area (Å²) in [5.41, 5.74) is 3.27. The molecule has 0 aromatic heterocycles. The van der Waals surface area contributed by atoms with Gasteiger partial charge in [0.15, 0.2) is 5.71 Å². The summed E-state index contributed by atoms with van der Waals surface area (Å²) in [5.74, 6) is 0.898. The van der Waals surface area contributed by atoms with Gasteiger partial charge in [0.25, 0.3) is 0 Å². The van der Waals surface area contributed by atoms with E-state index in [1.807, 2.05) is 0 Å². The third-order valence-electron chi connectivity index (χ3n) is 3.29. The van der Waals surface area contributed by atoms with E-state index in [-0.39, 0.29) is 0 Å². The van der Waals surface area contributed by atoms with Gasteiger partial charge < -0.3 is 0 Å². The highest BCUT2D eigenvalue weighted by Gasteiger charge is 2.35. The molecule has 1 fully saturated rings. The third-order valence-corrected chi connectivity index (χ3v) is 3.29. The molecule has 0 N–H and O–H groups in total.